The fraction of sp³-hybridized carbons (Fsp3) is 0.533. The largest absolute Gasteiger partial charge is 0.396 e. The van der Waals surface area contributed by atoms with Crippen LogP contribution in [0.5, 0.6) is 0 Å². The maximum absolute atomic E-state index is 12.4. The zero-order chi connectivity index (χ0) is 15.2. The number of amides is 1. The summed E-state index contributed by atoms with van der Waals surface area (Å²) >= 11 is 0. The van der Waals surface area contributed by atoms with E-state index in [4.69, 9.17) is 5.11 Å². The average Bonchev–Trinajstić information content (AvgIpc) is 2.41. The summed E-state index contributed by atoms with van der Waals surface area (Å²) in [5.41, 5.74) is 0.807. The molecule has 0 atom stereocenters. The Hall–Kier alpha value is -1.95. The minimum absolute atomic E-state index is 0.0296. The first-order valence-corrected chi connectivity index (χ1v) is 7.25. The van der Waals surface area contributed by atoms with E-state index in [1.807, 2.05) is 4.90 Å². The lowest BCUT2D eigenvalue weighted by Crippen LogP contribution is -2.45. The van der Waals surface area contributed by atoms with Crippen molar-refractivity contribution in [3.05, 3.63) is 39.9 Å². The Morgan fingerprint density at radius 2 is 2.00 bits per heavy atom. The third kappa shape index (κ3) is 4.01. The van der Waals surface area contributed by atoms with E-state index in [-0.39, 0.29) is 24.6 Å². The molecule has 0 aromatic heterocycles. The van der Waals surface area contributed by atoms with Gasteiger partial charge in [-0.3, -0.25) is 14.9 Å². The first-order valence-electron chi connectivity index (χ1n) is 7.25. The SMILES string of the molecule is O=C(Cc1ccc([N+](=O)[O-])cc1)N(CCCO)C1CCC1. The Balaban J connectivity index is 1.98. The molecule has 114 valence electrons. The van der Waals surface area contributed by atoms with Crippen molar-refractivity contribution in [2.75, 3.05) is 13.2 Å². The van der Waals surface area contributed by atoms with Crippen LogP contribution in [-0.4, -0.2) is 40.0 Å². The van der Waals surface area contributed by atoms with Gasteiger partial charge in [0.2, 0.25) is 5.91 Å². The summed E-state index contributed by atoms with van der Waals surface area (Å²) < 4.78 is 0. The number of nitro groups is 1. The molecule has 0 saturated heterocycles. The normalized spacial score (nSPS) is 14.5. The van der Waals surface area contributed by atoms with E-state index in [0.717, 1.165) is 24.8 Å². The molecule has 0 bridgehead atoms. The molecule has 6 nitrogen and oxygen atoms in total. The molecule has 1 amide bonds. The van der Waals surface area contributed by atoms with E-state index < -0.39 is 4.92 Å². The summed E-state index contributed by atoms with van der Waals surface area (Å²) in [7, 11) is 0. The highest BCUT2D eigenvalue weighted by atomic mass is 16.6. The van der Waals surface area contributed by atoms with Crippen molar-refractivity contribution in [1.82, 2.24) is 4.90 Å². The van der Waals surface area contributed by atoms with Gasteiger partial charge in [0.05, 0.1) is 11.3 Å². The Bertz CT molecular complexity index is 497. The first kappa shape index (κ1) is 15.4. The quantitative estimate of drug-likeness (QED) is 0.614. The highest BCUT2D eigenvalue weighted by Crippen LogP contribution is 2.25. The number of carbonyl (C=O) groups is 1. The number of benzene rings is 1. The highest BCUT2D eigenvalue weighted by Gasteiger charge is 2.28. The number of non-ortho nitro benzene ring substituents is 1. The van der Waals surface area contributed by atoms with Crippen molar-refractivity contribution < 1.29 is 14.8 Å². The Kier molecular flexibility index (Phi) is 5.27. The van der Waals surface area contributed by atoms with Crippen LogP contribution in [0, 0.1) is 10.1 Å². The van der Waals surface area contributed by atoms with Gasteiger partial charge < -0.3 is 10.0 Å². The van der Waals surface area contributed by atoms with Gasteiger partial charge in [0.1, 0.15) is 0 Å². The lowest BCUT2D eigenvalue weighted by atomic mass is 9.91. The molecule has 1 aliphatic carbocycles. The molecule has 0 heterocycles. The van der Waals surface area contributed by atoms with Crippen LogP contribution in [0.25, 0.3) is 0 Å². The fourth-order valence-corrected chi connectivity index (χ4v) is 2.46. The number of nitrogens with zero attached hydrogens (tertiary/aromatic N) is 2. The van der Waals surface area contributed by atoms with Crippen molar-refractivity contribution in [2.24, 2.45) is 0 Å². The Morgan fingerprint density at radius 3 is 2.48 bits per heavy atom. The van der Waals surface area contributed by atoms with Crippen LogP contribution in [0.4, 0.5) is 5.69 Å². The van der Waals surface area contributed by atoms with Gasteiger partial charge in [-0.25, -0.2) is 0 Å². The smallest absolute Gasteiger partial charge is 0.269 e. The number of aliphatic hydroxyl groups excluding tert-OH is 1. The Morgan fingerprint density at radius 1 is 1.33 bits per heavy atom. The van der Waals surface area contributed by atoms with E-state index >= 15 is 0 Å². The van der Waals surface area contributed by atoms with E-state index in [0.29, 0.717) is 19.0 Å². The average molecular weight is 292 g/mol. The third-order valence-corrected chi connectivity index (χ3v) is 3.90. The van der Waals surface area contributed by atoms with E-state index in [2.05, 4.69) is 0 Å². The van der Waals surface area contributed by atoms with Crippen molar-refractivity contribution in [3.8, 4) is 0 Å². The molecule has 0 unspecified atom stereocenters. The maximum Gasteiger partial charge on any atom is 0.269 e. The summed E-state index contributed by atoms with van der Waals surface area (Å²) in [6.45, 7) is 0.654. The van der Waals surface area contributed by atoms with Gasteiger partial charge in [0.25, 0.3) is 5.69 Å². The van der Waals surface area contributed by atoms with Gasteiger partial charge >= 0.3 is 0 Å². The van der Waals surface area contributed by atoms with Crippen LogP contribution >= 0.6 is 0 Å². The summed E-state index contributed by atoms with van der Waals surface area (Å²) in [6.07, 6.45) is 4.03. The molecule has 6 heteroatoms. The molecule has 1 saturated carbocycles. The molecular weight excluding hydrogens is 272 g/mol. The zero-order valence-corrected chi connectivity index (χ0v) is 11.9. The molecule has 21 heavy (non-hydrogen) atoms. The third-order valence-electron chi connectivity index (χ3n) is 3.90. The van der Waals surface area contributed by atoms with Gasteiger partial charge in [0.15, 0.2) is 0 Å². The number of rotatable bonds is 7. The molecule has 2 rings (SSSR count). The molecule has 1 fully saturated rings. The molecule has 1 aliphatic rings. The lowest BCUT2D eigenvalue weighted by Gasteiger charge is -2.37. The van der Waals surface area contributed by atoms with E-state index in [9.17, 15) is 14.9 Å². The minimum Gasteiger partial charge on any atom is -0.396 e. The summed E-state index contributed by atoms with van der Waals surface area (Å²) in [6, 6.07) is 6.39. The van der Waals surface area contributed by atoms with Crippen LogP contribution in [0.1, 0.15) is 31.2 Å². The monoisotopic (exact) mass is 292 g/mol. The molecule has 0 aliphatic heterocycles. The summed E-state index contributed by atoms with van der Waals surface area (Å²) in [5, 5.41) is 19.5. The highest BCUT2D eigenvalue weighted by molar-refractivity contribution is 5.79. The maximum atomic E-state index is 12.4. The fourth-order valence-electron chi connectivity index (χ4n) is 2.46. The lowest BCUT2D eigenvalue weighted by molar-refractivity contribution is -0.384. The van der Waals surface area contributed by atoms with Crippen molar-refractivity contribution in [1.29, 1.82) is 0 Å². The number of aliphatic hydroxyl groups is 1. The second-order valence-corrected chi connectivity index (χ2v) is 5.35. The van der Waals surface area contributed by atoms with Gasteiger partial charge in [-0.15, -0.1) is 0 Å². The van der Waals surface area contributed by atoms with E-state index in [1.165, 1.54) is 12.1 Å². The number of carbonyl (C=O) groups excluding carboxylic acids is 1. The van der Waals surface area contributed by atoms with Crippen molar-refractivity contribution in [2.45, 2.75) is 38.1 Å². The Labute approximate surface area is 123 Å². The predicted octanol–water partition coefficient (Wildman–Crippen LogP) is 1.90. The standard InChI is InChI=1S/C15H20N2O4/c18-10-2-9-16(13-3-1-4-13)15(19)11-12-5-7-14(8-6-12)17(20)21/h5-8,13,18H,1-4,9-11H2. The van der Waals surface area contributed by atoms with Crippen LogP contribution < -0.4 is 0 Å². The molecule has 0 radical (unpaired) electrons. The van der Waals surface area contributed by atoms with Crippen LogP contribution in [0.2, 0.25) is 0 Å². The van der Waals surface area contributed by atoms with Crippen LogP contribution in [0.15, 0.2) is 24.3 Å². The van der Waals surface area contributed by atoms with Gasteiger partial charge in [-0.1, -0.05) is 12.1 Å². The topological polar surface area (TPSA) is 83.7 Å². The zero-order valence-electron chi connectivity index (χ0n) is 11.9. The van der Waals surface area contributed by atoms with Gasteiger partial charge in [-0.05, 0) is 31.2 Å². The van der Waals surface area contributed by atoms with Gasteiger partial charge in [-0.2, -0.15) is 0 Å². The number of nitro benzene ring substituents is 1. The second-order valence-electron chi connectivity index (χ2n) is 5.35. The van der Waals surface area contributed by atoms with E-state index in [1.54, 1.807) is 12.1 Å². The number of hydrogen-bond donors (Lipinski definition) is 1. The first-order chi connectivity index (χ1) is 10.1. The van der Waals surface area contributed by atoms with Crippen LogP contribution in [0.3, 0.4) is 0 Å². The summed E-state index contributed by atoms with van der Waals surface area (Å²) in [5.74, 6) is 0.0296. The van der Waals surface area contributed by atoms with Gasteiger partial charge in [0, 0.05) is 31.3 Å². The minimum atomic E-state index is -0.451. The molecule has 1 aromatic rings. The van der Waals surface area contributed by atoms with Crippen LogP contribution in [-0.2, 0) is 11.2 Å². The second kappa shape index (κ2) is 7.17. The predicted molar refractivity (Wildman–Crippen MR) is 77.9 cm³/mol. The number of hydrogen-bond acceptors (Lipinski definition) is 4. The summed E-state index contributed by atoms with van der Waals surface area (Å²) in [4.78, 5) is 24.4. The molecule has 1 N–H and O–H groups in total. The van der Waals surface area contributed by atoms with Crippen molar-refractivity contribution in [3.63, 3.8) is 0 Å². The molecular formula is C15H20N2O4. The van der Waals surface area contributed by atoms with Crippen molar-refractivity contribution >= 4 is 11.6 Å². The molecule has 1 aromatic carbocycles. The molecule has 0 spiro atoms.